The maximum Gasteiger partial charge on any atom is 0.161 e. The van der Waals surface area contributed by atoms with Gasteiger partial charge in [-0.2, -0.15) is 0 Å². The molecule has 2 aliphatic heterocycles. The van der Waals surface area contributed by atoms with Gasteiger partial charge in [-0.3, -0.25) is 4.99 Å². The number of aliphatic imine (C=N–C) groups is 1. The monoisotopic (exact) mass is 172 g/mol. The molecular weight excluding hydrogens is 160 g/mol. The highest BCUT2D eigenvalue weighted by Crippen LogP contribution is 2.24. The van der Waals surface area contributed by atoms with Gasteiger partial charge in [0.2, 0.25) is 0 Å². The molecule has 0 bridgehead atoms. The summed E-state index contributed by atoms with van der Waals surface area (Å²) in [5, 5.41) is 10.5. The Kier molecular flexibility index (Phi) is 2.05. The molecule has 2 rings (SSSR count). The van der Waals surface area contributed by atoms with Crippen molar-refractivity contribution in [1.82, 2.24) is 4.90 Å². The number of hydrogen-bond donors (Lipinski definition) is 1. The third kappa shape index (κ3) is 1.37. The Morgan fingerprint density at radius 3 is 3.36 bits per heavy atom. The molecule has 0 aliphatic carbocycles. The predicted molar refractivity (Wildman–Crippen MR) is 46.7 cm³/mol. The summed E-state index contributed by atoms with van der Waals surface area (Å²) in [7, 11) is 0. The smallest absolute Gasteiger partial charge is 0.161 e. The second-order valence-electron chi connectivity index (χ2n) is 2.86. The second-order valence-corrected chi connectivity index (χ2v) is 3.84. The molecule has 2 aliphatic rings. The van der Waals surface area contributed by atoms with Crippen LogP contribution in [0, 0.1) is 0 Å². The molecule has 0 aromatic carbocycles. The van der Waals surface area contributed by atoms with Gasteiger partial charge < -0.3 is 10.0 Å². The van der Waals surface area contributed by atoms with Crippen LogP contribution in [-0.4, -0.2) is 40.2 Å². The van der Waals surface area contributed by atoms with Crippen molar-refractivity contribution >= 4 is 16.9 Å². The Morgan fingerprint density at radius 1 is 1.55 bits per heavy atom. The molecular formula is C7H12N2OS. The average Bonchev–Trinajstić information content (AvgIpc) is 2.25. The van der Waals surface area contributed by atoms with Crippen LogP contribution in [0.5, 0.6) is 0 Å². The van der Waals surface area contributed by atoms with Gasteiger partial charge in [0.05, 0.1) is 0 Å². The van der Waals surface area contributed by atoms with E-state index in [9.17, 15) is 5.11 Å². The summed E-state index contributed by atoms with van der Waals surface area (Å²) >= 11 is 1.67. The molecule has 1 atom stereocenters. The van der Waals surface area contributed by atoms with Crippen LogP contribution >= 0.6 is 11.8 Å². The molecule has 3 nitrogen and oxygen atoms in total. The van der Waals surface area contributed by atoms with E-state index in [4.69, 9.17) is 0 Å². The number of hydrogen-bond acceptors (Lipinski definition) is 4. The number of aliphatic hydroxyl groups is 1. The lowest BCUT2D eigenvalue weighted by molar-refractivity contribution is 0.0828. The topological polar surface area (TPSA) is 35.8 Å². The first kappa shape index (κ1) is 7.43. The number of rotatable bonds is 0. The van der Waals surface area contributed by atoms with E-state index in [1.54, 1.807) is 11.8 Å². The van der Waals surface area contributed by atoms with Crippen molar-refractivity contribution in [3.8, 4) is 0 Å². The summed E-state index contributed by atoms with van der Waals surface area (Å²) in [5.41, 5.74) is 0. The van der Waals surface area contributed by atoms with Gasteiger partial charge in [-0.25, -0.2) is 0 Å². The number of nitrogens with zero attached hydrogens (tertiary/aromatic N) is 2. The third-order valence-corrected chi connectivity index (χ3v) is 3.11. The van der Waals surface area contributed by atoms with E-state index in [0.29, 0.717) is 0 Å². The van der Waals surface area contributed by atoms with Crippen molar-refractivity contribution in [2.45, 2.75) is 19.1 Å². The fraction of sp³-hybridized carbons (Fsp3) is 0.857. The lowest BCUT2D eigenvalue weighted by Crippen LogP contribution is -2.33. The van der Waals surface area contributed by atoms with Gasteiger partial charge in [0, 0.05) is 18.8 Å². The van der Waals surface area contributed by atoms with Crippen LogP contribution in [0.15, 0.2) is 4.99 Å². The lowest BCUT2D eigenvalue weighted by Gasteiger charge is -2.19. The lowest BCUT2D eigenvalue weighted by atomic mass is 10.3. The molecule has 2 heterocycles. The molecule has 62 valence electrons. The van der Waals surface area contributed by atoms with Crippen molar-refractivity contribution in [2.24, 2.45) is 4.99 Å². The largest absolute Gasteiger partial charge is 0.373 e. The predicted octanol–water partition coefficient (Wildman–Crippen LogP) is 0.503. The highest BCUT2D eigenvalue weighted by atomic mass is 32.2. The zero-order valence-corrected chi connectivity index (χ0v) is 7.18. The molecule has 0 spiro atoms. The van der Waals surface area contributed by atoms with Gasteiger partial charge in [0.25, 0.3) is 0 Å². The second kappa shape index (κ2) is 3.03. The summed E-state index contributed by atoms with van der Waals surface area (Å²) < 4.78 is 0. The normalized spacial score (nSPS) is 31.2. The van der Waals surface area contributed by atoms with Gasteiger partial charge in [-0.1, -0.05) is 11.8 Å². The molecule has 0 radical (unpaired) electrons. The Bertz CT molecular complexity index is 183. The Labute approximate surface area is 70.5 Å². The fourth-order valence-corrected chi connectivity index (χ4v) is 2.44. The van der Waals surface area contributed by atoms with E-state index in [1.807, 2.05) is 4.90 Å². The van der Waals surface area contributed by atoms with Crippen LogP contribution in [-0.2, 0) is 0 Å². The minimum atomic E-state index is -0.281. The van der Waals surface area contributed by atoms with Crippen molar-refractivity contribution in [3.63, 3.8) is 0 Å². The summed E-state index contributed by atoms with van der Waals surface area (Å²) in [6.45, 7) is 1.92. The Morgan fingerprint density at radius 2 is 2.45 bits per heavy atom. The van der Waals surface area contributed by atoms with E-state index in [-0.39, 0.29) is 6.23 Å². The number of fused-ring (bicyclic) bond motifs is 1. The molecule has 0 aromatic rings. The molecule has 1 fully saturated rings. The van der Waals surface area contributed by atoms with Crippen LogP contribution < -0.4 is 0 Å². The third-order valence-electron chi connectivity index (χ3n) is 2.02. The van der Waals surface area contributed by atoms with Crippen LogP contribution in [0.2, 0.25) is 0 Å². The van der Waals surface area contributed by atoms with E-state index < -0.39 is 0 Å². The van der Waals surface area contributed by atoms with Gasteiger partial charge in [-0.15, -0.1) is 0 Å². The van der Waals surface area contributed by atoms with Crippen LogP contribution in [0.1, 0.15) is 12.8 Å². The SMILES string of the molecule is OC1CSC2=NCCCCN21. The van der Waals surface area contributed by atoms with Gasteiger partial charge in [0.1, 0.15) is 6.23 Å². The average molecular weight is 172 g/mol. The first-order chi connectivity index (χ1) is 5.38. The number of aliphatic hydroxyl groups excluding tert-OH is 1. The molecule has 0 saturated carbocycles. The van der Waals surface area contributed by atoms with E-state index in [2.05, 4.69) is 4.99 Å². The Hall–Kier alpha value is -0.220. The van der Waals surface area contributed by atoms with E-state index in [1.165, 1.54) is 0 Å². The van der Waals surface area contributed by atoms with Crippen LogP contribution in [0.3, 0.4) is 0 Å². The minimum absolute atomic E-state index is 0.281. The van der Waals surface area contributed by atoms with Crippen molar-refractivity contribution in [2.75, 3.05) is 18.8 Å². The standard InChI is InChI=1S/C7H12N2OS/c10-6-5-11-7-8-3-1-2-4-9(6)7/h6,10H,1-5H2. The fourth-order valence-electron chi connectivity index (χ4n) is 1.40. The molecule has 4 heteroatoms. The molecule has 1 saturated heterocycles. The molecule has 0 aromatic heterocycles. The Balaban J connectivity index is 2.13. The first-order valence-corrected chi connectivity index (χ1v) is 4.98. The van der Waals surface area contributed by atoms with Gasteiger partial charge in [-0.05, 0) is 12.8 Å². The molecule has 11 heavy (non-hydrogen) atoms. The summed E-state index contributed by atoms with van der Waals surface area (Å²) in [6.07, 6.45) is 2.04. The summed E-state index contributed by atoms with van der Waals surface area (Å²) in [5.74, 6) is 0.791. The zero-order chi connectivity index (χ0) is 7.68. The number of amidine groups is 1. The number of thioether (sulfide) groups is 1. The maximum atomic E-state index is 9.47. The van der Waals surface area contributed by atoms with Crippen molar-refractivity contribution in [1.29, 1.82) is 0 Å². The maximum absolute atomic E-state index is 9.47. The molecule has 1 unspecified atom stereocenters. The molecule has 0 amide bonds. The first-order valence-electron chi connectivity index (χ1n) is 4.00. The van der Waals surface area contributed by atoms with Crippen LogP contribution in [0.4, 0.5) is 0 Å². The summed E-state index contributed by atoms with van der Waals surface area (Å²) in [6, 6.07) is 0. The van der Waals surface area contributed by atoms with Crippen molar-refractivity contribution < 1.29 is 5.11 Å². The van der Waals surface area contributed by atoms with E-state index in [0.717, 1.165) is 36.9 Å². The quantitative estimate of drug-likeness (QED) is 0.578. The van der Waals surface area contributed by atoms with Gasteiger partial charge in [0.15, 0.2) is 5.17 Å². The highest BCUT2D eigenvalue weighted by Gasteiger charge is 2.28. The molecule has 1 N–H and O–H groups in total. The summed E-state index contributed by atoms with van der Waals surface area (Å²) in [4.78, 5) is 6.39. The van der Waals surface area contributed by atoms with E-state index >= 15 is 0 Å². The minimum Gasteiger partial charge on any atom is -0.373 e. The van der Waals surface area contributed by atoms with Gasteiger partial charge >= 0.3 is 0 Å². The highest BCUT2D eigenvalue weighted by molar-refractivity contribution is 8.14. The van der Waals surface area contributed by atoms with Crippen molar-refractivity contribution in [3.05, 3.63) is 0 Å². The zero-order valence-electron chi connectivity index (χ0n) is 6.36. The van der Waals surface area contributed by atoms with Crippen LogP contribution in [0.25, 0.3) is 0 Å².